The second-order valence-corrected chi connectivity index (χ2v) is 6.58. The van der Waals surface area contributed by atoms with Crippen LogP contribution in [0, 0.1) is 11.3 Å². The molecule has 0 spiro atoms. The zero-order valence-corrected chi connectivity index (χ0v) is 15.1. The molecule has 0 N–H and O–H groups in total. The molecule has 0 bridgehead atoms. The highest BCUT2D eigenvalue weighted by Gasteiger charge is 2.44. The minimum absolute atomic E-state index is 0.0802. The van der Waals surface area contributed by atoms with Crippen LogP contribution in [0.5, 0.6) is 0 Å². The molecule has 1 aliphatic rings. The number of aromatic nitrogens is 1. The molecule has 2 heterocycles. The highest BCUT2D eigenvalue weighted by molar-refractivity contribution is 6.04. The number of Topliss-reactive ketones (excluding diaryl/α,β-unsaturated/α-hetero) is 2. The van der Waals surface area contributed by atoms with Gasteiger partial charge in [-0.15, -0.1) is 0 Å². The third-order valence-corrected chi connectivity index (χ3v) is 4.77. The molecule has 1 unspecified atom stereocenters. The summed E-state index contributed by atoms with van der Waals surface area (Å²) in [6.07, 6.45) is -3.18. The number of aryl methyl sites for hydroxylation is 1. The van der Waals surface area contributed by atoms with Crippen LogP contribution in [0.15, 0.2) is 53.8 Å². The number of halogens is 3. The molecule has 28 heavy (non-hydrogen) atoms. The van der Waals surface area contributed by atoms with E-state index in [1.54, 1.807) is 23.8 Å². The molecule has 0 saturated heterocycles. The van der Waals surface area contributed by atoms with Crippen LogP contribution in [0.2, 0.25) is 0 Å². The normalized spacial score (nSPS) is 17.1. The van der Waals surface area contributed by atoms with E-state index in [9.17, 15) is 22.8 Å². The summed E-state index contributed by atoms with van der Waals surface area (Å²) in [5.74, 6) is -2.44. The number of carbonyl (C=O) groups excluding carboxylic acids is 2. The molecule has 0 amide bonds. The van der Waals surface area contributed by atoms with Gasteiger partial charge < -0.3 is 9.47 Å². The Kier molecular flexibility index (Phi) is 4.86. The zero-order chi connectivity index (χ0) is 20.6. The number of nitriles is 1. The van der Waals surface area contributed by atoms with E-state index in [1.807, 2.05) is 24.3 Å². The molecule has 8 heteroatoms. The van der Waals surface area contributed by atoms with Crippen molar-refractivity contribution in [2.24, 2.45) is 7.05 Å². The van der Waals surface area contributed by atoms with Crippen LogP contribution >= 0.6 is 0 Å². The van der Waals surface area contributed by atoms with Crippen molar-refractivity contribution in [3.05, 3.63) is 59.4 Å². The monoisotopic (exact) mass is 387 g/mol. The predicted octanol–water partition coefficient (Wildman–Crippen LogP) is 3.53. The minimum Gasteiger partial charge on any atom is -0.372 e. The van der Waals surface area contributed by atoms with E-state index < -0.39 is 29.4 Å². The van der Waals surface area contributed by atoms with E-state index in [0.717, 1.165) is 17.0 Å². The van der Waals surface area contributed by atoms with Gasteiger partial charge in [-0.3, -0.25) is 9.59 Å². The van der Waals surface area contributed by atoms with Crippen molar-refractivity contribution >= 4 is 22.5 Å². The van der Waals surface area contributed by atoms with Gasteiger partial charge in [0.05, 0.1) is 17.3 Å². The van der Waals surface area contributed by atoms with Crippen molar-refractivity contribution in [2.75, 3.05) is 7.05 Å². The quantitative estimate of drug-likeness (QED) is 0.753. The maximum atomic E-state index is 13.0. The van der Waals surface area contributed by atoms with Crippen molar-refractivity contribution in [1.29, 1.82) is 5.26 Å². The molecular formula is C20H16F3N3O2. The van der Waals surface area contributed by atoms with E-state index in [2.05, 4.69) is 0 Å². The number of para-hydroxylation sites is 1. The fourth-order valence-corrected chi connectivity index (χ4v) is 3.36. The summed E-state index contributed by atoms with van der Waals surface area (Å²) in [7, 11) is 3.14. The van der Waals surface area contributed by atoms with Crippen LogP contribution in [-0.2, 0) is 11.8 Å². The van der Waals surface area contributed by atoms with E-state index in [-0.39, 0.29) is 12.0 Å². The number of nitrogens with zero attached hydrogens (tertiary/aromatic N) is 3. The van der Waals surface area contributed by atoms with Crippen molar-refractivity contribution in [1.82, 2.24) is 9.47 Å². The maximum absolute atomic E-state index is 13.0. The Hall–Kier alpha value is -3.34. The van der Waals surface area contributed by atoms with Gasteiger partial charge in [0.2, 0.25) is 0 Å². The number of allylic oxidation sites excluding steroid dienone is 2. The molecule has 144 valence electrons. The highest BCUT2D eigenvalue weighted by Crippen LogP contribution is 2.30. The lowest BCUT2D eigenvalue weighted by atomic mass is 9.91. The molecule has 1 atom stereocenters. The third-order valence-electron chi connectivity index (χ3n) is 4.77. The lowest BCUT2D eigenvalue weighted by Gasteiger charge is -2.31. The summed E-state index contributed by atoms with van der Waals surface area (Å²) >= 11 is 0. The second kappa shape index (κ2) is 7.00. The molecule has 1 aromatic heterocycles. The van der Waals surface area contributed by atoms with E-state index >= 15 is 0 Å². The number of alkyl halides is 3. The summed E-state index contributed by atoms with van der Waals surface area (Å²) in [5, 5.41) is 9.85. The van der Waals surface area contributed by atoms with E-state index in [4.69, 9.17) is 5.26 Å². The lowest BCUT2D eigenvalue weighted by molar-refractivity contribution is -0.167. The van der Waals surface area contributed by atoms with Gasteiger partial charge in [-0.1, -0.05) is 18.2 Å². The number of hydrogen-bond donors (Lipinski definition) is 0. The highest BCUT2D eigenvalue weighted by atomic mass is 19.4. The number of rotatable bonds is 4. The number of benzene rings is 1. The molecule has 1 aliphatic heterocycles. The Morgan fingerprint density at radius 3 is 2.50 bits per heavy atom. The van der Waals surface area contributed by atoms with Crippen LogP contribution < -0.4 is 0 Å². The van der Waals surface area contributed by atoms with Crippen molar-refractivity contribution in [2.45, 2.75) is 18.6 Å². The molecule has 0 saturated carbocycles. The van der Waals surface area contributed by atoms with Crippen molar-refractivity contribution in [3.8, 4) is 6.07 Å². The summed E-state index contributed by atoms with van der Waals surface area (Å²) in [4.78, 5) is 26.1. The van der Waals surface area contributed by atoms with Gasteiger partial charge in [-0.25, -0.2) is 0 Å². The number of carbonyl (C=O) groups is 2. The second-order valence-electron chi connectivity index (χ2n) is 6.58. The summed E-state index contributed by atoms with van der Waals surface area (Å²) < 4.78 is 40.8. The van der Waals surface area contributed by atoms with Gasteiger partial charge in [-0.2, -0.15) is 18.4 Å². The van der Waals surface area contributed by atoms with E-state index in [0.29, 0.717) is 5.69 Å². The number of hydrogen-bond acceptors (Lipinski definition) is 4. The topological polar surface area (TPSA) is 66.1 Å². The van der Waals surface area contributed by atoms with Crippen LogP contribution in [0.4, 0.5) is 13.2 Å². The molecule has 0 aliphatic carbocycles. The van der Waals surface area contributed by atoms with Gasteiger partial charge in [0.15, 0.2) is 5.78 Å². The van der Waals surface area contributed by atoms with Crippen molar-refractivity contribution < 1.29 is 22.8 Å². The average Bonchev–Trinajstić information content (AvgIpc) is 2.99. The molecule has 3 rings (SSSR count). The minimum atomic E-state index is -5.09. The van der Waals surface area contributed by atoms with Crippen LogP contribution in [0.25, 0.3) is 10.9 Å². The molecule has 0 fully saturated rings. The van der Waals surface area contributed by atoms with E-state index in [1.165, 1.54) is 18.1 Å². The first-order chi connectivity index (χ1) is 13.1. The first kappa shape index (κ1) is 19.4. The Balaban J connectivity index is 1.96. The SMILES string of the molecule is CN1C=C(C#N)C=C(C(=O)C(F)(F)F)C1CC(=O)c1cc2ccccc2n1C. The number of fused-ring (bicyclic) bond motifs is 1. The zero-order valence-electron chi connectivity index (χ0n) is 15.1. The molecular weight excluding hydrogens is 371 g/mol. The van der Waals surface area contributed by atoms with Crippen LogP contribution in [-0.4, -0.2) is 40.3 Å². The van der Waals surface area contributed by atoms with Gasteiger partial charge >= 0.3 is 6.18 Å². The Bertz CT molecular complexity index is 1070. The number of likely N-dealkylation sites (N-methyl/N-ethyl adjacent to an activating group) is 1. The largest absolute Gasteiger partial charge is 0.454 e. The first-order valence-corrected chi connectivity index (χ1v) is 8.38. The maximum Gasteiger partial charge on any atom is 0.454 e. The smallest absolute Gasteiger partial charge is 0.372 e. The van der Waals surface area contributed by atoms with Gasteiger partial charge in [-0.05, 0) is 18.2 Å². The summed E-state index contributed by atoms with van der Waals surface area (Å²) in [6, 6.07) is 9.61. The molecule has 2 aromatic rings. The van der Waals surface area contributed by atoms with Gasteiger partial charge in [0.25, 0.3) is 5.78 Å². The molecule has 5 nitrogen and oxygen atoms in total. The van der Waals surface area contributed by atoms with Gasteiger partial charge in [0.1, 0.15) is 6.07 Å². The average molecular weight is 387 g/mol. The molecule has 0 radical (unpaired) electrons. The van der Waals surface area contributed by atoms with Gasteiger partial charge in [0, 0.05) is 43.2 Å². The Labute approximate surface area is 158 Å². The lowest BCUT2D eigenvalue weighted by Crippen LogP contribution is -2.40. The predicted molar refractivity (Wildman–Crippen MR) is 96.3 cm³/mol. The standard InChI is InChI=1S/C20H16F3N3O2/c1-25-11-12(10-24)7-14(19(28)20(21,22)23)16(25)9-18(27)17-8-13-5-3-4-6-15(13)26(17)2/h3-8,11,16H,9H2,1-2H3. The first-order valence-electron chi connectivity index (χ1n) is 8.38. The summed E-state index contributed by atoms with van der Waals surface area (Å²) in [5.41, 5.74) is 0.463. The fourth-order valence-electron chi connectivity index (χ4n) is 3.36. The Morgan fingerprint density at radius 1 is 1.21 bits per heavy atom. The Morgan fingerprint density at radius 2 is 1.89 bits per heavy atom. The van der Waals surface area contributed by atoms with Crippen LogP contribution in [0.1, 0.15) is 16.9 Å². The fraction of sp³-hybridized carbons (Fsp3) is 0.250. The summed E-state index contributed by atoms with van der Waals surface area (Å²) in [6.45, 7) is 0. The van der Waals surface area contributed by atoms with Crippen molar-refractivity contribution in [3.63, 3.8) is 0 Å². The number of ketones is 2. The third kappa shape index (κ3) is 3.43. The van der Waals surface area contributed by atoms with Crippen LogP contribution in [0.3, 0.4) is 0 Å². The molecule has 1 aromatic carbocycles.